The van der Waals surface area contributed by atoms with E-state index in [4.69, 9.17) is 4.74 Å². The number of benzene rings is 2. The Bertz CT molecular complexity index is 750. The van der Waals surface area contributed by atoms with Crippen molar-refractivity contribution < 1.29 is 14.3 Å². The Morgan fingerprint density at radius 1 is 1.08 bits per heavy atom. The van der Waals surface area contributed by atoms with E-state index in [2.05, 4.69) is 5.32 Å². The SMILES string of the molecule is COc1ccc(CC(=O)Nc2cccc(C(=O)N3CCCC3)c2)cc1. The highest BCUT2D eigenvalue weighted by molar-refractivity contribution is 5.97. The van der Waals surface area contributed by atoms with Crippen LogP contribution in [0.2, 0.25) is 0 Å². The van der Waals surface area contributed by atoms with E-state index in [-0.39, 0.29) is 18.2 Å². The molecular formula is C20H22N2O3. The van der Waals surface area contributed by atoms with Crippen molar-refractivity contribution in [3.05, 3.63) is 59.7 Å². The van der Waals surface area contributed by atoms with Gasteiger partial charge in [-0.3, -0.25) is 9.59 Å². The summed E-state index contributed by atoms with van der Waals surface area (Å²) in [7, 11) is 1.61. The number of nitrogens with zero attached hydrogens (tertiary/aromatic N) is 1. The zero-order valence-corrected chi connectivity index (χ0v) is 14.3. The number of anilines is 1. The molecule has 0 aromatic heterocycles. The van der Waals surface area contributed by atoms with Crippen molar-refractivity contribution in [3.8, 4) is 5.75 Å². The molecule has 2 aromatic carbocycles. The fraction of sp³-hybridized carbons (Fsp3) is 0.300. The topological polar surface area (TPSA) is 58.6 Å². The highest BCUT2D eigenvalue weighted by atomic mass is 16.5. The second-order valence-corrected chi connectivity index (χ2v) is 6.15. The molecule has 5 nitrogen and oxygen atoms in total. The number of ether oxygens (including phenoxy) is 1. The maximum absolute atomic E-state index is 12.4. The number of carbonyl (C=O) groups excluding carboxylic acids is 2. The van der Waals surface area contributed by atoms with E-state index in [1.165, 1.54) is 0 Å². The van der Waals surface area contributed by atoms with Gasteiger partial charge in [0.1, 0.15) is 5.75 Å². The van der Waals surface area contributed by atoms with Crippen molar-refractivity contribution >= 4 is 17.5 Å². The summed E-state index contributed by atoms with van der Waals surface area (Å²) in [5.41, 5.74) is 2.16. The molecule has 0 saturated carbocycles. The number of likely N-dealkylation sites (tertiary alicyclic amines) is 1. The van der Waals surface area contributed by atoms with Crippen LogP contribution in [0.15, 0.2) is 48.5 Å². The Hall–Kier alpha value is -2.82. The van der Waals surface area contributed by atoms with E-state index in [0.717, 1.165) is 37.2 Å². The fourth-order valence-electron chi connectivity index (χ4n) is 2.97. The fourth-order valence-corrected chi connectivity index (χ4v) is 2.97. The lowest BCUT2D eigenvalue weighted by atomic mass is 10.1. The van der Waals surface area contributed by atoms with Gasteiger partial charge in [0.2, 0.25) is 5.91 Å². The zero-order chi connectivity index (χ0) is 17.6. The minimum atomic E-state index is -0.115. The average Bonchev–Trinajstić information content (AvgIpc) is 3.16. The number of amides is 2. The molecule has 1 aliphatic heterocycles. The van der Waals surface area contributed by atoms with Crippen LogP contribution in [0.1, 0.15) is 28.8 Å². The molecule has 0 bridgehead atoms. The van der Waals surface area contributed by atoms with Crippen molar-refractivity contribution in [2.75, 3.05) is 25.5 Å². The van der Waals surface area contributed by atoms with Gasteiger partial charge < -0.3 is 15.0 Å². The standard InChI is InChI=1S/C20H22N2O3/c1-25-18-9-7-15(8-10-18)13-19(23)21-17-6-4-5-16(14-17)20(24)22-11-2-3-12-22/h4-10,14H,2-3,11-13H2,1H3,(H,21,23). The Labute approximate surface area is 147 Å². The molecular weight excluding hydrogens is 316 g/mol. The van der Waals surface area contributed by atoms with Gasteiger partial charge in [0.15, 0.2) is 0 Å². The molecule has 1 aliphatic rings. The van der Waals surface area contributed by atoms with Crippen LogP contribution >= 0.6 is 0 Å². The normalized spacial score (nSPS) is 13.6. The van der Waals surface area contributed by atoms with Gasteiger partial charge in [0.25, 0.3) is 5.91 Å². The Balaban J connectivity index is 1.62. The molecule has 25 heavy (non-hydrogen) atoms. The Kier molecular flexibility index (Phi) is 5.33. The largest absolute Gasteiger partial charge is 0.497 e. The Morgan fingerprint density at radius 2 is 1.80 bits per heavy atom. The van der Waals surface area contributed by atoms with E-state index in [9.17, 15) is 9.59 Å². The molecule has 0 atom stereocenters. The molecule has 0 spiro atoms. The van der Waals surface area contributed by atoms with Gasteiger partial charge in [0.05, 0.1) is 13.5 Å². The number of carbonyl (C=O) groups is 2. The van der Waals surface area contributed by atoms with Crippen LogP contribution in [0.3, 0.4) is 0 Å². The molecule has 1 saturated heterocycles. The lowest BCUT2D eigenvalue weighted by Gasteiger charge is -2.15. The lowest BCUT2D eigenvalue weighted by molar-refractivity contribution is -0.115. The number of hydrogen-bond acceptors (Lipinski definition) is 3. The molecule has 3 rings (SSSR count). The zero-order valence-electron chi connectivity index (χ0n) is 14.3. The van der Waals surface area contributed by atoms with Crippen LogP contribution in [0.25, 0.3) is 0 Å². The first-order valence-electron chi connectivity index (χ1n) is 8.48. The summed E-state index contributed by atoms with van der Waals surface area (Å²) in [4.78, 5) is 26.5. The van der Waals surface area contributed by atoms with Gasteiger partial charge in [-0.15, -0.1) is 0 Å². The minimum absolute atomic E-state index is 0.0313. The molecule has 1 heterocycles. The first-order chi connectivity index (χ1) is 12.2. The van der Waals surface area contributed by atoms with Crippen LogP contribution in [0.5, 0.6) is 5.75 Å². The maximum atomic E-state index is 12.4. The van der Waals surface area contributed by atoms with Crippen LogP contribution in [-0.2, 0) is 11.2 Å². The van der Waals surface area contributed by atoms with Crippen molar-refractivity contribution in [2.45, 2.75) is 19.3 Å². The molecule has 2 amide bonds. The summed E-state index contributed by atoms with van der Waals surface area (Å²) in [5.74, 6) is 0.678. The predicted molar refractivity (Wildman–Crippen MR) is 96.9 cm³/mol. The van der Waals surface area contributed by atoms with Gasteiger partial charge in [-0.25, -0.2) is 0 Å². The molecule has 0 radical (unpaired) electrons. The number of rotatable bonds is 5. The van der Waals surface area contributed by atoms with Gasteiger partial charge >= 0.3 is 0 Å². The van der Waals surface area contributed by atoms with Crippen molar-refractivity contribution in [1.29, 1.82) is 0 Å². The van der Waals surface area contributed by atoms with Gasteiger partial charge in [0, 0.05) is 24.3 Å². The van der Waals surface area contributed by atoms with E-state index >= 15 is 0 Å². The third-order valence-electron chi connectivity index (χ3n) is 4.31. The lowest BCUT2D eigenvalue weighted by Crippen LogP contribution is -2.27. The summed E-state index contributed by atoms with van der Waals surface area (Å²) >= 11 is 0. The minimum Gasteiger partial charge on any atom is -0.497 e. The van der Waals surface area contributed by atoms with Crippen molar-refractivity contribution in [3.63, 3.8) is 0 Å². The van der Waals surface area contributed by atoms with Crippen LogP contribution in [-0.4, -0.2) is 36.9 Å². The summed E-state index contributed by atoms with van der Waals surface area (Å²) in [6, 6.07) is 14.5. The third-order valence-corrected chi connectivity index (χ3v) is 4.31. The van der Waals surface area contributed by atoms with Crippen LogP contribution in [0.4, 0.5) is 5.69 Å². The summed E-state index contributed by atoms with van der Waals surface area (Å²) in [6.07, 6.45) is 2.39. The number of hydrogen-bond donors (Lipinski definition) is 1. The highest BCUT2D eigenvalue weighted by Crippen LogP contribution is 2.17. The van der Waals surface area contributed by atoms with E-state index in [0.29, 0.717) is 11.3 Å². The molecule has 0 aliphatic carbocycles. The Morgan fingerprint density at radius 3 is 2.48 bits per heavy atom. The number of nitrogens with one attached hydrogen (secondary N) is 1. The quantitative estimate of drug-likeness (QED) is 0.911. The maximum Gasteiger partial charge on any atom is 0.253 e. The van der Waals surface area contributed by atoms with Crippen LogP contribution < -0.4 is 10.1 Å². The molecule has 130 valence electrons. The van der Waals surface area contributed by atoms with E-state index < -0.39 is 0 Å². The molecule has 1 fully saturated rings. The predicted octanol–water partition coefficient (Wildman–Crippen LogP) is 3.11. The van der Waals surface area contributed by atoms with Crippen molar-refractivity contribution in [2.24, 2.45) is 0 Å². The third kappa shape index (κ3) is 4.38. The molecule has 1 N–H and O–H groups in total. The first kappa shape index (κ1) is 17.0. The summed E-state index contributed by atoms with van der Waals surface area (Å²) < 4.78 is 5.11. The summed E-state index contributed by atoms with van der Waals surface area (Å²) in [5, 5.41) is 2.86. The molecule has 2 aromatic rings. The monoisotopic (exact) mass is 338 g/mol. The van der Waals surface area contributed by atoms with E-state index in [1.807, 2.05) is 29.2 Å². The number of methoxy groups -OCH3 is 1. The first-order valence-corrected chi connectivity index (χ1v) is 8.48. The van der Waals surface area contributed by atoms with Gasteiger partial charge in [-0.05, 0) is 48.7 Å². The molecule has 0 unspecified atom stereocenters. The van der Waals surface area contributed by atoms with Crippen LogP contribution in [0, 0.1) is 0 Å². The van der Waals surface area contributed by atoms with E-state index in [1.54, 1.807) is 31.4 Å². The second kappa shape index (κ2) is 7.83. The highest BCUT2D eigenvalue weighted by Gasteiger charge is 2.19. The molecule has 5 heteroatoms. The van der Waals surface area contributed by atoms with Crippen molar-refractivity contribution in [1.82, 2.24) is 4.90 Å². The second-order valence-electron chi connectivity index (χ2n) is 6.15. The van der Waals surface area contributed by atoms with Gasteiger partial charge in [-0.1, -0.05) is 18.2 Å². The average molecular weight is 338 g/mol. The smallest absolute Gasteiger partial charge is 0.253 e. The summed E-state index contributed by atoms with van der Waals surface area (Å²) in [6.45, 7) is 1.62. The van der Waals surface area contributed by atoms with Gasteiger partial charge in [-0.2, -0.15) is 0 Å².